The predicted molar refractivity (Wildman–Crippen MR) is 156 cm³/mol. The molecule has 0 spiro atoms. The van der Waals surface area contributed by atoms with Gasteiger partial charge in [0.15, 0.2) is 23.0 Å². The molecule has 0 saturated heterocycles. The van der Waals surface area contributed by atoms with Crippen molar-refractivity contribution in [1.82, 2.24) is 14.7 Å². The first kappa shape index (κ1) is 33.3. The maximum atomic E-state index is 13.6. The van der Waals surface area contributed by atoms with Crippen molar-refractivity contribution in [3.63, 3.8) is 0 Å². The molecular weight excluding hydrogens is 558 g/mol. The van der Waals surface area contributed by atoms with Gasteiger partial charge in [-0.2, -0.15) is 5.10 Å². The van der Waals surface area contributed by atoms with Gasteiger partial charge in [0.1, 0.15) is 6.10 Å². The van der Waals surface area contributed by atoms with Gasteiger partial charge < -0.3 is 38.1 Å². The largest absolute Gasteiger partial charge is 0.493 e. The average molecular weight is 596 g/mol. The molecule has 1 unspecified atom stereocenters. The van der Waals surface area contributed by atoms with Crippen LogP contribution in [0.15, 0.2) is 29.2 Å². The highest BCUT2D eigenvalue weighted by Gasteiger charge is 2.25. The van der Waals surface area contributed by atoms with Crippen LogP contribution in [0.25, 0.3) is 10.8 Å². The summed E-state index contributed by atoms with van der Waals surface area (Å²) in [7, 11) is 8.85. The number of benzene rings is 2. The summed E-state index contributed by atoms with van der Waals surface area (Å²) in [4.78, 5) is 29.0. The van der Waals surface area contributed by atoms with Crippen LogP contribution in [-0.4, -0.2) is 89.0 Å². The van der Waals surface area contributed by atoms with Crippen molar-refractivity contribution in [3.05, 3.63) is 40.3 Å². The Morgan fingerprint density at radius 3 is 1.83 bits per heavy atom. The number of rotatable bonds is 14. The Hall–Kier alpha value is -3.90. The number of likely N-dealkylation sites (N-methyl/N-ethyl adjacent to an activating group) is 1. The van der Waals surface area contributed by atoms with Gasteiger partial charge in [0.25, 0.3) is 5.56 Å². The summed E-state index contributed by atoms with van der Waals surface area (Å²) in [5.74, 6) is 1.42. The van der Waals surface area contributed by atoms with E-state index in [1.54, 1.807) is 6.07 Å². The molecule has 1 atom stereocenters. The van der Waals surface area contributed by atoms with Crippen molar-refractivity contribution < 1.29 is 38.0 Å². The maximum Gasteiger partial charge on any atom is 0.338 e. The van der Waals surface area contributed by atoms with Crippen molar-refractivity contribution in [2.75, 3.05) is 62.3 Å². The van der Waals surface area contributed by atoms with Gasteiger partial charge in [-0.3, -0.25) is 4.79 Å². The predicted octanol–water partition coefficient (Wildman–Crippen LogP) is 3.44. The van der Waals surface area contributed by atoms with Gasteiger partial charge in [-0.25, -0.2) is 9.48 Å². The Kier molecular flexibility index (Phi) is 12.3. The molecule has 1 heterocycles. The van der Waals surface area contributed by atoms with E-state index in [0.29, 0.717) is 51.8 Å². The number of carbonyl (C=O) groups is 1. The quantitative estimate of drug-likeness (QED) is 0.255. The van der Waals surface area contributed by atoms with E-state index >= 15 is 0 Å². The first-order chi connectivity index (χ1) is 19.3. The second kappa shape index (κ2) is 15.2. The molecule has 41 heavy (non-hydrogen) atoms. The lowest BCUT2D eigenvalue weighted by atomic mass is 10.1. The lowest BCUT2D eigenvalue weighted by Gasteiger charge is -2.26. The van der Waals surface area contributed by atoms with Gasteiger partial charge >= 0.3 is 5.97 Å². The Morgan fingerprint density at radius 2 is 1.34 bits per heavy atom. The van der Waals surface area contributed by atoms with Crippen molar-refractivity contribution >= 4 is 29.1 Å². The topological polar surface area (TPSA) is 120 Å². The number of carbonyl (C=O) groups excluding carboxylic acids is 1. The third kappa shape index (κ3) is 7.06. The average Bonchev–Trinajstić information content (AvgIpc) is 2.98. The van der Waals surface area contributed by atoms with Crippen LogP contribution in [-0.2, 0) is 11.3 Å². The number of aromatic nitrogens is 2. The van der Waals surface area contributed by atoms with Gasteiger partial charge in [-0.1, -0.05) is 13.8 Å². The molecule has 0 N–H and O–H groups in total. The fourth-order valence-corrected chi connectivity index (χ4v) is 4.45. The molecule has 0 aliphatic heterocycles. The number of ether oxygens (including phenoxy) is 7. The van der Waals surface area contributed by atoms with Gasteiger partial charge in [0.2, 0.25) is 11.5 Å². The standard InChI is InChI=1S/C28H37N3O9.ClH/c1-9-30(10-2)15-18(40-28(33)17-11-21(34-3)25(38-7)22(12-17)35-4)16-31-27(32)19-13-23(36-5)26(39-8)24(37-6)20(19)14-29-31;/h11-14,18H,9-10,15-16H2,1-8H3;1H. The molecule has 13 heteroatoms. The molecular formula is C28H38ClN3O9. The first-order valence-corrected chi connectivity index (χ1v) is 12.7. The lowest BCUT2D eigenvalue weighted by Crippen LogP contribution is -2.40. The summed E-state index contributed by atoms with van der Waals surface area (Å²) in [6.07, 6.45) is 0.809. The second-order valence-corrected chi connectivity index (χ2v) is 8.67. The third-order valence-electron chi connectivity index (χ3n) is 6.57. The number of fused-ring (bicyclic) bond motifs is 1. The molecule has 0 amide bonds. The smallest absolute Gasteiger partial charge is 0.338 e. The summed E-state index contributed by atoms with van der Waals surface area (Å²) in [6, 6.07) is 4.62. The van der Waals surface area contributed by atoms with Gasteiger partial charge in [0.05, 0.1) is 71.7 Å². The molecule has 0 saturated carbocycles. The fraction of sp³-hybridized carbons (Fsp3) is 0.464. The highest BCUT2D eigenvalue weighted by atomic mass is 35.5. The minimum absolute atomic E-state index is 0. The zero-order valence-corrected chi connectivity index (χ0v) is 25.5. The summed E-state index contributed by atoms with van der Waals surface area (Å²) in [5, 5.41) is 5.15. The van der Waals surface area contributed by atoms with E-state index in [1.165, 1.54) is 65.7 Å². The zero-order valence-electron chi connectivity index (χ0n) is 24.6. The Balaban J connectivity index is 0.00000588. The summed E-state index contributed by atoms with van der Waals surface area (Å²) < 4.78 is 39.7. The SMILES string of the molecule is CCN(CC)CC(Cn1ncc2c(OC)c(OC)c(OC)cc2c1=O)OC(=O)c1cc(OC)c(OC)c(OC)c1.Cl. The van der Waals surface area contributed by atoms with Crippen LogP contribution >= 0.6 is 12.4 Å². The van der Waals surface area contributed by atoms with Crippen LogP contribution in [0.2, 0.25) is 0 Å². The highest BCUT2D eigenvalue weighted by molar-refractivity contribution is 5.92. The van der Waals surface area contributed by atoms with Crippen LogP contribution in [0.4, 0.5) is 0 Å². The van der Waals surface area contributed by atoms with Crippen LogP contribution < -0.4 is 34.0 Å². The molecule has 3 rings (SSSR count). The molecule has 1 aromatic heterocycles. The number of nitrogens with zero attached hydrogens (tertiary/aromatic N) is 3. The van der Waals surface area contributed by atoms with E-state index in [-0.39, 0.29) is 24.5 Å². The lowest BCUT2D eigenvalue weighted by molar-refractivity contribution is 0.0149. The van der Waals surface area contributed by atoms with E-state index < -0.39 is 17.6 Å². The summed E-state index contributed by atoms with van der Waals surface area (Å²) in [6.45, 7) is 5.86. The van der Waals surface area contributed by atoms with Crippen molar-refractivity contribution in [2.24, 2.45) is 0 Å². The summed E-state index contributed by atoms with van der Waals surface area (Å²) in [5.41, 5.74) is -0.190. The number of esters is 1. The van der Waals surface area contributed by atoms with Crippen LogP contribution in [0.1, 0.15) is 24.2 Å². The molecule has 226 valence electrons. The highest BCUT2D eigenvalue weighted by Crippen LogP contribution is 2.42. The number of hydrogen-bond acceptors (Lipinski definition) is 11. The van der Waals surface area contributed by atoms with E-state index in [0.717, 1.165) is 13.1 Å². The normalized spacial score (nSPS) is 11.4. The molecule has 12 nitrogen and oxygen atoms in total. The first-order valence-electron chi connectivity index (χ1n) is 12.7. The molecule has 0 fully saturated rings. The van der Waals surface area contributed by atoms with E-state index in [2.05, 4.69) is 10.00 Å². The third-order valence-corrected chi connectivity index (χ3v) is 6.57. The van der Waals surface area contributed by atoms with Crippen LogP contribution in [0.3, 0.4) is 0 Å². The Morgan fingerprint density at radius 1 is 0.805 bits per heavy atom. The van der Waals surface area contributed by atoms with E-state index in [4.69, 9.17) is 33.2 Å². The van der Waals surface area contributed by atoms with Gasteiger partial charge in [-0.15, -0.1) is 12.4 Å². The van der Waals surface area contributed by atoms with Gasteiger partial charge in [-0.05, 0) is 31.3 Å². The monoisotopic (exact) mass is 595 g/mol. The number of halogens is 1. The molecule has 0 aliphatic rings. The number of hydrogen-bond donors (Lipinski definition) is 0. The Bertz CT molecular complexity index is 1370. The zero-order chi connectivity index (χ0) is 29.4. The van der Waals surface area contributed by atoms with E-state index in [9.17, 15) is 9.59 Å². The van der Waals surface area contributed by atoms with Gasteiger partial charge in [0, 0.05) is 6.54 Å². The minimum atomic E-state index is -0.712. The molecule has 3 aromatic rings. The van der Waals surface area contributed by atoms with Crippen molar-refractivity contribution in [1.29, 1.82) is 0 Å². The molecule has 0 radical (unpaired) electrons. The van der Waals surface area contributed by atoms with Crippen molar-refractivity contribution in [2.45, 2.75) is 26.5 Å². The molecule has 2 aromatic carbocycles. The maximum absolute atomic E-state index is 13.6. The Labute approximate surface area is 245 Å². The fourth-order valence-electron chi connectivity index (χ4n) is 4.45. The number of methoxy groups -OCH3 is 6. The second-order valence-electron chi connectivity index (χ2n) is 8.67. The molecule has 0 bridgehead atoms. The van der Waals surface area contributed by atoms with Crippen molar-refractivity contribution in [3.8, 4) is 34.5 Å². The molecule has 0 aliphatic carbocycles. The van der Waals surface area contributed by atoms with E-state index in [1.807, 2.05) is 13.8 Å². The van der Waals surface area contributed by atoms with Crippen LogP contribution in [0.5, 0.6) is 34.5 Å². The van der Waals surface area contributed by atoms with Crippen LogP contribution in [0, 0.1) is 0 Å². The summed E-state index contributed by atoms with van der Waals surface area (Å²) >= 11 is 0. The minimum Gasteiger partial charge on any atom is -0.493 e.